The zero-order chi connectivity index (χ0) is 10.6. The Labute approximate surface area is 82.4 Å². The van der Waals surface area contributed by atoms with Crippen molar-refractivity contribution in [1.29, 1.82) is 0 Å². The molecule has 0 unspecified atom stereocenters. The molecular formula is C9H15NO4. The summed E-state index contributed by atoms with van der Waals surface area (Å²) in [5, 5.41) is 11.7. The fourth-order valence-corrected chi connectivity index (χ4v) is 1.52. The molecule has 5 nitrogen and oxygen atoms in total. The highest BCUT2D eigenvalue weighted by atomic mass is 16.5. The summed E-state index contributed by atoms with van der Waals surface area (Å²) in [4.78, 5) is 21.8. The van der Waals surface area contributed by atoms with E-state index in [2.05, 4.69) is 5.32 Å². The number of ether oxygens (including phenoxy) is 1. The number of carboxylic acids is 1. The summed E-state index contributed by atoms with van der Waals surface area (Å²) < 4.78 is 5.11. The maximum absolute atomic E-state index is 11.1. The molecule has 14 heavy (non-hydrogen) atoms. The minimum Gasteiger partial charge on any atom is -0.481 e. The molecule has 0 spiro atoms. The Kier molecular flexibility index (Phi) is 3.46. The van der Waals surface area contributed by atoms with Crippen molar-refractivity contribution < 1.29 is 19.4 Å². The highest BCUT2D eigenvalue weighted by Crippen LogP contribution is 2.29. The van der Waals surface area contributed by atoms with Crippen LogP contribution in [0.2, 0.25) is 0 Å². The quantitative estimate of drug-likeness (QED) is 0.674. The van der Waals surface area contributed by atoms with Crippen LogP contribution < -0.4 is 5.32 Å². The lowest BCUT2D eigenvalue weighted by atomic mass is 9.80. The van der Waals surface area contributed by atoms with Crippen molar-refractivity contribution in [3.05, 3.63) is 0 Å². The molecule has 0 aromatic rings. The number of carboxylic acid groups (broad SMARTS) is 1. The number of carbonyl (C=O) groups is 2. The molecule has 1 heterocycles. The van der Waals surface area contributed by atoms with Gasteiger partial charge in [-0.15, -0.1) is 0 Å². The lowest BCUT2D eigenvalue weighted by Crippen LogP contribution is -2.46. The van der Waals surface area contributed by atoms with Gasteiger partial charge in [0.25, 0.3) is 0 Å². The van der Waals surface area contributed by atoms with Crippen LogP contribution in [0.1, 0.15) is 19.8 Å². The zero-order valence-corrected chi connectivity index (χ0v) is 8.21. The first kappa shape index (κ1) is 11.0. The molecule has 1 rings (SSSR count). The molecule has 0 atom stereocenters. The normalized spacial score (nSPS) is 20.1. The van der Waals surface area contributed by atoms with Crippen molar-refractivity contribution in [2.24, 2.45) is 5.41 Å². The van der Waals surface area contributed by atoms with E-state index >= 15 is 0 Å². The van der Waals surface area contributed by atoms with E-state index in [1.807, 2.05) is 0 Å². The van der Waals surface area contributed by atoms with E-state index in [4.69, 9.17) is 9.84 Å². The second-order valence-electron chi connectivity index (χ2n) is 3.61. The number of nitrogens with one attached hydrogen (secondary N) is 1. The van der Waals surface area contributed by atoms with E-state index in [1.165, 1.54) is 6.92 Å². The molecule has 1 aliphatic rings. The fourth-order valence-electron chi connectivity index (χ4n) is 1.52. The summed E-state index contributed by atoms with van der Waals surface area (Å²) in [6.07, 6.45) is 0.922. The second kappa shape index (κ2) is 4.41. The topological polar surface area (TPSA) is 75.6 Å². The van der Waals surface area contributed by atoms with Gasteiger partial charge in [-0.3, -0.25) is 9.59 Å². The van der Waals surface area contributed by atoms with Gasteiger partial charge in [-0.25, -0.2) is 0 Å². The van der Waals surface area contributed by atoms with Gasteiger partial charge in [-0.2, -0.15) is 0 Å². The van der Waals surface area contributed by atoms with Crippen molar-refractivity contribution in [1.82, 2.24) is 5.32 Å². The minimum absolute atomic E-state index is 0.195. The van der Waals surface area contributed by atoms with Crippen LogP contribution in [0.4, 0.5) is 0 Å². The molecule has 1 aliphatic heterocycles. The van der Waals surface area contributed by atoms with E-state index in [0.29, 0.717) is 26.1 Å². The Balaban J connectivity index is 2.60. The Morgan fingerprint density at radius 1 is 1.43 bits per heavy atom. The van der Waals surface area contributed by atoms with Gasteiger partial charge in [0, 0.05) is 26.7 Å². The van der Waals surface area contributed by atoms with E-state index in [1.54, 1.807) is 0 Å². The lowest BCUT2D eigenvalue weighted by Gasteiger charge is -2.32. The summed E-state index contributed by atoms with van der Waals surface area (Å²) >= 11 is 0. The number of hydrogen-bond acceptors (Lipinski definition) is 3. The summed E-state index contributed by atoms with van der Waals surface area (Å²) in [5.41, 5.74) is -0.829. The standard InChI is InChI=1S/C9H15NO4/c1-7(11)10-6-9(8(12)13)2-4-14-5-3-9/h2-6H2,1H3,(H,10,11)(H,12,13). The summed E-state index contributed by atoms with van der Waals surface area (Å²) in [7, 11) is 0. The Morgan fingerprint density at radius 3 is 2.43 bits per heavy atom. The van der Waals surface area contributed by atoms with E-state index in [0.717, 1.165) is 0 Å². The first-order valence-electron chi connectivity index (χ1n) is 4.62. The lowest BCUT2D eigenvalue weighted by molar-refractivity contribution is -0.154. The van der Waals surface area contributed by atoms with Crippen LogP contribution in [0.5, 0.6) is 0 Å². The van der Waals surface area contributed by atoms with Crippen LogP contribution in [0, 0.1) is 5.41 Å². The van der Waals surface area contributed by atoms with E-state index in [9.17, 15) is 9.59 Å². The van der Waals surface area contributed by atoms with Crippen LogP contribution in [-0.4, -0.2) is 36.7 Å². The van der Waals surface area contributed by atoms with Crippen molar-refractivity contribution >= 4 is 11.9 Å². The van der Waals surface area contributed by atoms with Gasteiger partial charge < -0.3 is 15.2 Å². The van der Waals surface area contributed by atoms with Gasteiger partial charge >= 0.3 is 5.97 Å². The second-order valence-corrected chi connectivity index (χ2v) is 3.61. The Hall–Kier alpha value is -1.10. The van der Waals surface area contributed by atoms with Crippen LogP contribution >= 0.6 is 0 Å². The molecule has 0 aliphatic carbocycles. The van der Waals surface area contributed by atoms with E-state index in [-0.39, 0.29) is 12.5 Å². The molecule has 0 radical (unpaired) electrons. The summed E-state index contributed by atoms with van der Waals surface area (Å²) in [5.74, 6) is -1.05. The molecule has 0 bridgehead atoms. The molecule has 0 saturated carbocycles. The van der Waals surface area contributed by atoms with Crippen molar-refractivity contribution in [2.75, 3.05) is 19.8 Å². The maximum atomic E-state index is 11.1. The first-order valence-corrected chi connectivity index (χ1v) is 4.62. The average Bonchev–Trinajstić information content (AvgIpc) is 2.16. The highest BCUT2D eigenvalue weighted by molar-refractivity contribution is 5.77. The first-order chi connectivity index (χ1) is 6.57. The monoisotopic (exact) mass is 201 g/mol. The van der Waals surface area contributed by atoms with Crippen LogP contribution in [0.15, 0.2) is 0 Å². The predicted octanol–water partition coefficient (Wildman–Crippen LogP) is 0.00390. The molecule has 0 aromatic heterocycles. The maximum Gasteiger partial charge on any atom is 0.311 e. The Bertz CT molecular complexity index is 233. The largest absolute Gasteiger partial charge is 0.481 e. The molecule has 0 aromatic carbocycles. The smallest absolute Gasteiger partial charge is 0.311 e. The van der Waals surface area contributed by atoms with E-state index < -0.39 is 11.4 Å². The Morgan fingerprint density at radius 2 is 2.00 bits per heavy atom. The third-order valence-electron chi connectivity index (χ3n) is 2.58. The fraction of sp³-hybridized carbons (Fsp3) is 0.778. The van der Waals surface area contributed by atoms with Crippen molar-refractivity contribution in [3.8, 4) is 0 Å². The van der Waals surface area contributed by atoms with Gasteiger partial charge in [0.05, 0.1) is 5.41 Å². The van der Waals surface area contributed by atoms with Crippen LogP contribution in [0.25, 0.3) is 0 Å². The molecule has 1 saturated heterocycles. The van der Waals surface area contributed by atoms with Gasteiger partial charge in [0.2, 0.25) is 5.91 Å². The molecular weight excluding hydrogens is 186 g/mol. The number of aliphatic carboxylic acids is 1. The summed E-state index contributed by atoms with van der Waals surface area (Å²) in [6, 6.07) is 0. The van der Waals surface area contributed by atoms with Crippen molar-refractivity contribution in [3.63, 3.8) is 0 Å². The van der Waals surface area contributed by atoms with Gasteiger partial charge in [0.15, 0.2) is 0 Å². The third-order valence-corrected chi connectivity index (χ3v) is 2.58. The number of carbonyl (C=O) groups excluding carboxylic acids is 1. The molecule has 1 amide bonds. The zero-order valence-electron chi connectivity index (χ0n) is 8.21. The highest BCUT2D eigenvalue weighted by Gasteiger charge is 2.40. The van der Waals surface area contributed by atoms with Gasteiger partial charge in [0.1, 0.15) is 0 Å². The molecule has 5 heteroatoms. The summed E-state index contributed by atoms with van der Waals surface area (Å²) in [6.45, 7) is 2.48. The number of rotatable bonds is 3. The molecule has 80 valence electrons. The minimum atomic E-state index is -0.852. The number of hydrogen-bond donors (Lipinski definition) is 2. The third kappa shape index (κ3) is 2.45. The van der Waals surface area contributed by atoms with Gasteiger partial charge in [-0.1, -0.05) is 0 Å². The SMILES string of the molecule is CC(=O)NCC1(C(=O)O)CCOCC1. The predicted molar refractivity (Wildman–Crippen MR) is 48.8 cm³/mol. The molecule has 2 N–H and O–H groups in total. The van der Waals surface area contributed by atoms with Crippen LogP contribution in [-0.2, 0) is 14.3 Å². The van der Waals surface area contributed by atoms with Crippen molar-refractivity contribution in [2.45, 2.75) is 19.8 Å². The van der Waals surface area contributed by atoms with Crippen LogP contribution in [0.3, 0.4) is 0 Å². The average molecular weight is 201 g/mol. The number of amides is 1. The molecule has 1 fully saturated rings. The van der Waals surface area contributed by atoms with Gasteiger partial charge in [-0.05, 0) is 12.8 Å².